The Hall–Kier alpha value is -1.36. The molecule has 0 radical (unpaired) electrons. The lowest BCUT2D eigenvalue weighted by Crippen LogP contribution is -2.39. The van der Waals surface area contributed by atoms with Gasteiger partial charge in [-0.2, -0.15) is 11.3 Å². The second-order valence-electron chi connectivity index (χ2n) is 6.22. The molecular formula is C14H20N2O2S. The summed E-state index contributed by atoms with van der Waals surface area (Å²) in [6.07, 6.45) is 0.409. The van der Waals surface area contributed by atoms with Crippen LogP contribution in [0.4, 0.5) is 0 Å². The van der Waals surface area contributed by atoms with Crippen molar-refractivity contribution in [1.82, 2.24) is 10.2 Å². The fourth-order valence-electron chi connectivity index (χ4n) is 2.26. The second-order valence-corrected chi connectivity index (χ2v) is 7.00. The van der Waals surface area contributed by atoms with E-state index in [2.05, 4.69) is 26.1 Å². The maximum Gasteiger partial charge on any atom is 0.252 e. The highest BCUT2D eigenvalue weighted by Gasteiger charge is 2.32. The monoisotopic (exact) mass is 280 g/mol. The Kier molecular flexibility index (Phi) is 3.94. The van der Waals surface area contributed by atoms with Crippen LogP contribution in [0.15, 0.2) is 16.8 Å². The van der Waals surface area contributed by atoms with Crippen molar-refractivity contribution in [3.8, 4) is 0 Å². The number of carbonyl (C=O) groups is 2. The van der Waals surface area contributed by atoms with Gasteiger partial charge in [-0.25, -0.2) is 0 Å². The lowest BCUT2D eigenvalue weighted by molar-refractivity contribution is -0.128. The molecule has 1 saturated heterocycles. The summed E-state index contributed by atoms with van der Waals surface area (Å²) in [7, 11) is 0. The lowest BCUT2D eigenvalue weighted by Gasteiger charge is -2.26. The van der Waals surface area contributed by atoms with Crippen LogP contribution < -0.4 is 5.32 Å². The number of likely N-dealkylation sites (tertiary alicyclic amines) is 1. The molecule has 1 aliphatic heterocycles. The normalized spacial score (nSPS) is 19.8. The first-order valence-corrected chi connectivity index (χ1v) is 7.40. The molecule has 1 unspecified atom stereocenters. The third-order valence-electron chi connectivity index (χ3n) is 3.00. The second kappa shape index (κ2) is 5.33. The lowest BCUT2D eigenvalue weighted by atomic mass is 9.96. The van der Waals surface area contributed by atoms with Crippen LogP contribution in [-0.4, -0.2) is 35.8 Å². The van der Waals surface area contributed by atoms with Crippen molar-refractivity contribution in [2.24, 2.45) is 5.41 Å². The molecule has 4 nitrogen and oxygen atoms in total. The summed E-state index contributed by atoms with van der Waals surface area (Å²) < 4.78 is 0. The van der Waals surface area contributed by atoms with Crippen molar-refractivity contribution in [3.05, 3.63) is 22.4 Å². The van der Waals surface area contributed by atoms with E-state index in [4.69, 9.17) is 0 Å². The van der Waals surface area contributed by atoms with E-state index in [0.29, 0.717) is 18.5 Å². The summed E-state index contributed by atoms with van der Waals surface area (Å²) >= 11 is 1.50. The number of nitrogens with zero attached hydrogens (tertiary/aromatic N) is 1. The molecule has 0 aliphatic carbocycles. The zero-order chi connectivity index (χ0) is 14.0. The highest BCUT2D eigenvalue weighted by molar-refractivity contribution is 7.08. The van der Waals surface area contributed by atoms with Gasteiger partial charge in [-0.05, 0) is 16.9 Å². The first-order valence-electron chi connectivity index (χ1n) is 6.46. The Morgan fingerprint density at radius 3 is 2.84 bits per heavy atom. The SMILES string of the molecule is CC(C)(C)CN1CC(NC(=O)c2ccsc2)CC1=O. The van der Waals surface area contributed by atoms with Crippen molar-refractivity contribution in [2.75, 3.05) is 13.1 Å². The largest absolute Gasteiger partial charge is 0.347 e. The van der Waals surface area contributed by atoms with E-state index in [1.807, 2.05) is 15.7 Å². The van der Waals surface area contributed by atoms with Gasteiger partial charge < -0.3 is 10.2 Å². The van der Waals surface area contributed by atoms with E-state index >= 15 is 0 Å². The molecule has 0 spiro atoms. The van der Waals surface area contributed by atoms with Crippen molar-refractivity contribution in [3.63, 3.8) is 0 Å². The van der Waals surface area contributed by atoms with Crippen molar-refractivity contribution < 1.29 is 9.59 Å². The first kappa shape index (κ1) is 14.1. The molecule has 0 bridgehead atoms. The Balaban J connectivity index is 1.91. The first-order chi connectivity index (χ1) is 8.85. The van der Waals surface area contributed by atoms with Crippen LogP contribution >= 0.6 is 11.3 Å². The Morgan fingerprint density at radius 2 is 2.26 bits per heavy atom. The fourth-order valence-corrected chi connectivity index (χ4v) is 2.89. The van der Waals surface area contributed by atoms with Gasteiger partial charge >= 0.3 is 0 Å². The molecule has 19 heavy (non-hydrogen) atoms. The van der Waals surface area contributed by atoms with Crippen LogP contribution in [0.2, 0.25) is 0 Å². The number of rotatable bonds is 3. The quantitative estimate of drug-likeness (QED) is 0.922. The van der Waals surface area contributed by atoms with Gasteiger partial charge in [0.05, 0.1) is 6.04 Å². The smallest absolute Gasteiger partial charge is 0.252 e. The number of thiophene rings is 1. The van der Waals surface area contributed by atoms with Gasteiger partial charge in [0.15, 0.2) is 0 Å². The summed E-state index contributed by atoms with van der Waals surface area (Å²) in [5.74, 6) is 0.0437. The fraction of sp³-hybridized carbons (Fsp3) is 0.571. The van der Waals surface area contributed by atoms with Gasteiger partial charge in [-0.15, -0.1) is 0 Å². The molecule has 1 fully saturated rings. The Bertz CT molecular complexity index is 462. The average molecular weight is 280 g/mol. The standard InChI is InChI=1S/C14H20N2O2S/c1-14(2,3)9-16-7-11(6-12(16)17)15-13(18)10-4-5-19-8-10/h4-5,8,11H,6-7,9H2,1-3H3,(H,15,18). The third-order valence-corrected chi connectivity index (χ3v) is 3.68. The van der Waals surface area contributed by atoms with Crippen molar-refractivity contribution in [1.29, 1.82) is 0 Å². The topological polar surface area (TPSA) is 49.4 Å². The molecule has 2 amide bonds. The minimum Gasteiger partial charge on any atom is -0.347 e. The zero-order valence-electron chi connectivity index (χ0n) is 11.6. The van der Waals surface area contributed by atoms with Gasteiger partial charge in [-0.3, -0.25) is 9.59 Å². The van der Waals surface area contributed by atoms with Gasteiger partial charge in [0.2, 0.25) is 5.91 Å². The predicted octanol–water partition coefficient (Wildman–Crippen LogP) is 2.12. The Morgan fingerprint density at radius 1 is 1.53 bits per heavy atom. The summed E-state index contributed by atoms with van der Waals surface area (Å²) in [6.45, 7) is 7.68. The van der Waals surface area contributed by atoms with E-state index in [1.165, 1.54) is 11.3 Å². The molecule has 5 heteroatoms. The molecular weight excluding hydrogens is 260 g/mol. The maximum absolute atomic E-state index is 11.9. The number of hydrogen-bond acceptors (Lipinski definition) is 3. The van der Waals surface area contributed by atoms with E-state index in [0.717, 1.165) is 6.54 Å². The molecule has 1 aromatic heterocycles. The number of carbonyl (C=O) groups excluding carboxylic acids is 2. The molecule has 1 N–H and O–H groups in total. The molecule has 1 aromatic rings. The minimum atomic E-state index is -0.0864. The van der Waals surface area contributed by atoms with Gasteiger partial charge in [-0.1, -0.05) is 20.8 Å². The molecule has 0 aromatic carbocycles. The van der Waals surface area contributed by atoms with Crippen LogP contribution in [0, 0.1) is 5.41 Å². The minimum absolute atomic E-state index is 0.0674. The van der Waals surface area contributed by atoms with Crippen LogP contribution in [0.1, 0.15) is 37.6 Å². The number of hydrogen-bond donors (Lipinski definition) is 1. The highest BCUT2D eigenvalue weighted by atomic mass is 32.1. The van der Waals surface area contributed by atoms with Gasteiger partial charge in [0.1, 0.15) is 0 Å². The summed E-state index contributed by atoms with van der Waals surface area (Å²) in [5, 5.41) is 6.63. The van der Waals surface area contributed by atoms with Crippen LogP contribution in [0.5, 0.6) is 0 Å². The van der Waals surface area contributed by atoms with Crippen molar-refractivity contribution >= 4 is 23.2 Å². The summed E-state index contributed by atoms with van der Waals surface area (Å²) in [4.78, 5) is 25.7. The van der Waals surface area contributed by atoms with E-state index in [1.54, 1.807) is 6.07 Å². The van der Waals surface area contributed by atoms with E-state index in [9.17, 15) is 9.59 Å². The molecule has 1 atom stereocenters. The van der Waals surface area contributed by atoms with Gasteiger partial charge in [0, 0.05) is 30.5 Å². The highest BCUT2D eigenvalue weighted by Crippen LogP contribution is 2.20. The molecule has 2 heterocycles. The zero-order valence-corrected chi connectivity index (χ0v) is 12.4. The van der Waals surface area contributed by atoms with Crippen LogP contribution in [0.25, 0.3) is 0 Å². The van der Waals surface area contributed by atoms with Crippen LogP contribution in [0.3, 0.4) is 0 Å². The predicted molar refractivity (Wildman–Crippen MR) is 76.2 cm³/mol. The number of amides is 2. The summed E-state index contributed by atoms with van der Waals surface area (Å²) in [6, 6.07) is 1.73. The molecule has 1 aliphatic rings. The van der Waals surface area contributed by atoms with Gasteiger partial charge in [0.25, 0.3) is 5.91 Å². The van der Waals surface area contributed by atoms with Crippen molar-refractivity contribution in [2.45, 2.75) is 33.2 Å². The molecule has 0 saturated carbocycles. The number of nitrogens with one attached hydrogen (secondary N) is 1. The van der Waals surface area contributed by atoms with E-state index < -0.39 is 0 Å². The maximum atomic E-state index is 11.9. The third kappa shape index (κ3) is 3.80. The molecule has 2 rings (SSSR count). The van der Waals surface area contributed by atoms with Crippen LogP contribution in [-0.2, 0) is 4.79 Å². The van der Waals surface area contributed by atoms with E-state index in [-0.39, 0.29) is 23.3 Å². The Labute approximate surface area is 117 Å². The molecule has 104 valence electrons. The summed E-state index contributed by atoms with van der Waals surface area (Å²) in [5.41, 5.74) is 0.758. The average Bonchev–Trinajstić information content (AvgIpc) is 2.87.